The molecule has 2 heterocycles. The van der Waals surface area contributed by atoms with Gasteiger partial charge in [-0.05, 0) is 37.5 Å². The number of halogens is 2. The summed E-state index contributed by atoms with van der Waals surface area (Å²) in [5.74, 6) is 0.931. The van der Waals surface area contributed by atoms with Crippen molar-refractivity contribution in [3.8, 4) is 0 Å². The Morgan fingerprint density at radius 1 is 1.30 bits per heavy atom. The van der Waals surface area contributed by atoms with Crippen molar-refractivity contribution in [2.45, 2.75) is 38.8 Å². The van der Waals surface area contributed by atoms with Crippen molar-refractivity contribution >= 4 is 29.1 Å². The molecule has 0 saturated carbocycles. The first-order chi connectivity index (χ1) is 11.0. The minimum absolute atomic E-state index is 0.0783. The highest BCUT2D eigenvalue weighted by Gasteiger charge is 2.23. The Morgan fingerprint density at radius 3 is 2.78 bits per heavy atom. The van der Waals surface area contributed by atoms with E-state index < -0.39 is 0 Å². The molecule has 6 heteroatoms. The van der Waals surface area contributed by atoms with E-state index in [4.69, 9.17) is 23.2 Å². The van der Waals surface area contributed by atoms with Crippen LogP contribution in [0.1, 0.15) is 47.7 Å². The van der Waals surface area contributed by atoms with Crippen LogP contribution in [0.2, 0.25) is 10.0 Å². The molecule has 1 amide bonds. The molecule has 1 aromatic heterocycles. The van der Waals surface area contributed by atoms with Gasteiger partial charge in [0.1, 0.15) is 11.5 Å². The van der Waals surface area contributed by atoms with Gasteiger partial charge in [-0.3, -0.25) is 4.79 Å². The molecule has 1 atom stereocenters. The number of hydrogen-bond donors (Lipinski definition) is 0. The average molecular weight is 352 g/mol. The molecular weight excluding hydrogens is 333 g/mol. The van der Waals surface area contributed by atoms with Crippen molar-refractivity contribution in [3.63, 3.8) is 0 Å². The zero-order chi connectivity index (χ0) is 16.6. The maximum atomic E-state index is 12.7. The van der Waals surface area contributed by atoms with Crippen LogP contribution in [0.5, 0.6) is 0 Å². The van der Waals surface area contributed by atoms with Gasteiger partial charge in [0.15, 0.2) is 0 Å². The van der Waals surface area contributed by atoms with Crippen molar-refractivity contribution < 1.29 is 4.79 Å². The van der Waals surface area contributed by atoms with E-state index in [2.05, 4.69) is 9.55 Å². The number of carbonyl (C=O) groups excluding carboxylic acids is 1. The van der Waals surface area contributed by atoms with E-state index in [1.165, 1.54) is 0 Å². The number of amides is 1. The number of aryl methyl sites for hydroxylation is 2. The largest absolute Gasteiger partial charge is 0.334 e. The maximum Gasteiger partial charge on any atom is 0.274 e. The summed E-state index contributed by atoms with van der Waals surface area (Å²) >= 11 is 12.0. The molecule has 0 fully saturated rings. The summed E-state index contributed by atoms with van der Waals surface area (Å²) in [5, 5.41) is 1.01. The monoisotopic (exact) mass is 351 g/mol. The first-order valence-electron chi connectivity index (χ1n) is 7.75. The number of aromatic nitrogens is 2. The highest BCUT2D eigenvalue weighted by atomic mass is 35.5. The van der Waals surface area contributed by atoms with Crippen LogP contribution in [0.4, 0.5) is 0 Å². The topological polar surface area (TPSA) is 38.1 Å². The number of nitrogens with zero attached hydrogens (tertiary/aromatic N) is 3. The number of benzene rings is 1. The molecule has 0 N–H and O–H groups in total. The van der Waals surface area contributed by atoms with Crippen molar-refractivity contribution in [1.29, 1.82) is 0 Å². The van der Waals surface area contributed by atoms with Gasteiger partial charge in [0.2, 0.25) is 0 Å². The predicted molar refractivity (Wildman–Crippen MR) is 92.1 cm³/mol. The summed E-state index contributed by atoms with van der Waals surface area (Å²) < 4.78 is 2.09. The Labute approximate surface area is 146 Å². The molecule has 0 spiro atoms. The lowest BCUT2D eigenvalue weighted by Crippen LogP contribution is -2.30. The Morgan fingerprint density at radius 2 is 2.09 bits per heavy atom. The Kier molecular flexibility index (Phi) is 4.64. The molecule has 122 valence electrons. The van der Waals surface area contributed by atoms with Crippen LogP contribution in [0.3, 0.4) is 0 Å². The van der Waals surface area contributed by atoms with Crippen LogP contribution >= 0.6 is 23.2 Å². The zero-order valence-electron chi connectivity index (χ0n) is 13.2. The fraction of sp³-hybridized carbons (Fsp3) is 0.412. The predicted octanol–water partition coefficient (Wildman–Crippen LogP) is 4.36. The van der Waals surface area contributed by atoms with Crippen LogP contribution in [-0.2, 0) is 13.0 Å². The van der Waals surface area contributed by atoms with Gasteiger partial charge in [-0.25, -0.2) is 4.98 Å². The van der Waals surface area contributed by atoms with Crippen LogP contribution in [0.25, 0.3) is 0 Å². The van der Waals surface area contributed by atoms with E-state index in [0.717, 1.165) is 37.2 Å². The van der Waals surface area contributed by atoms with E-state index in [1.54, 1.807) is 24.1 Å². The number of rotatable bonds is 3. The number of carbonyl (C=O) groups is 1. The molecule has 3 rings (SSSR count). The molecule has 1 aliphatic rings. The average Bonchev–Trinajstić information content (AvgIpc) is 2.99. The molecule has 0 radical (unpaired) electrons. The first-order valence-corrected chi connectivity index (χ1v) is 8.51. The zero-order valence-corrected chi connectivity index (χ0v) is 14.7. The Hall–Kier alpha value is -1.52. The van der Waals surface area contributed by atoms with E-state index in [9.17, 15) is 4.79 Å². The van der Waals surface area contributed by atoms with Crippen LogP contribution in [0.15, 0.2) is 24.4 Å². The molecule has 1 aliphatic heterocycles. The number of hydrogen-bond acceptors (Lipinski definition) is 2. The summed E-state index contributed by atoms with van der Waals surface area (Å²) in [4.78, 5) is 18.9. The summed E-state index contributed by atoms with van der Waals surface area (Å²) in [6, 6.07) is 5.33. The SMILES string of the molecule is C[C@@H](c1ccc(Cl)c(Cl)c1)N(C)C(=O)c1cn2c(n1)CCCC2. The molecule has 23 heavy (non-hydrogen) atoms. The smallest absolute Gasteiger partial charge is 0.274 e. The van der Waals surface area contributed by atoms with Crippen molar-refractivity contribution in [2.75, 3.05) is 7.05 Å². The summed E-state index contributed by atoms with van der Waals surface area (Å²) in [6.07, 6.45) is 5.10. The van der Waals surface area contributed by atoms with Gasteiger partial charge in [-0.2, -0.15) is 0 Å². The fourth-order valence-electron chi connectivity index (χ4n) is 2.87. The molecule has 2 aromatic rings. The molecule has 0 unspecified atom stereocenters. The lowest BCUT2D eigenvalue weighted by Gasteiger charge is -2.25. The number of imidazole rings is 1. The van der Waals surface area contributed by atoms with Gasteiger partial charge in [-0.1, -0.05) is 29.3 Å². The second-order valence-corrected chi connectivity index (χ2v) is 6.77. The minimum atomic E-state index is -0.115. The molecule has 4 nitrogen and oxygen atoms in total. The standard InChI is InChI=1S/C17H19Cl2N3O/c1-11(12-6-7-13(18)14(19)9-12)21(2)17(23)15-10-22-8-4-3-5-16(22)20-15/h6-7,9-11H,3-5,8H2,1-2H3/t11-/m0/s1. The van der Waals surface area contributed by atoms with E-state index in [-0.39, 0.29) is 11.9 Å². The van der Waals surface area contributed by atoms with Crippen molar-refractivity contribution in [3.05, 3.63) is 51.5 Å². The van der Waals surface area contributed by atoms with E-state index in [0.29, 0.717) is 15.7 Å². The van der Waals surface area contributed by atoms with Crippen LogP contribution in [-0.4, -0.2) is 27.4 Å². The maximum absolute atomic E-state index is 12.7. The van der Waals surface area contributed by atoms with Gasteiger partial charge in [-0.15, -0.1) is 0 Å². The van der Waals surface area contributed by atoms with Crippen LogP contribution in [0, 0.1) is 0 Å². The third-order valence-electron chi connectivity index (χ3n) is 4.46. The van der Waals surface area contributed by atoms with Gasteiger partial charge in [0.25, 0.3) is 5.91 Å². The van der Waals surface area contributed by atoms with Gasteiger partial charge < -0.3 is 9.47 Å². The first kappa shape index (κ1) is 16.3. The van der Waals surface area contributed by atoms with Crippen molar-refractivity contribution in [1.82, 2.24) is 14.5 Å². The van der Waals surface area contributed by atoms with E-state index in [1.807, 2.05) is 19.2 Å². The molecule has 1 aromatic carbocycles. The highest BCUT2D eigenvalue weighted by molar-refractivity contribution is 6.42. The quantitative estimate of drug-likeness (QED) is 0.823. The minimum Gasteiger partial charge on any atom is -0.334 e. The summed E-state index contributed by atoms with van der Waals surface area (Å²) in [6.45, 7) is 2.91. The normalized spacial score (nSPS) is 15.1. The highest BCUT2D eigenvalue weighted by Crippen LogP contribution is 2.28. The Balaban J connectivity index is 1.80. The molecule has 0 aliphatic carbocycles. The molecule has 0 saturated heterocycles. The summed E-state index contributed by atoms with van der Waals surface area (Å²) in [5.41, 5.74) is 1.45. The second-order valence-electron chi connectivity index (χ2n) is 5.96. The van der Waals surface area contributed by atoms with Gasteiger partial charge >= 0.3 is 0 Å². The van der Waals surface area contributed by atoms with Crippen LogP contribution < -0.4 is 0 Å². The third kappa shape index (κ3) is 3.24. The second kappa shape index (κ2) is 6.54. The molecular formula is C17H19Cl2N3O. The van der Waals surface area contributed by atoms with Gasteiger partial charge in [0, 0.05) is 26.2 Å². The third-order valence-corrected chi connectivity index (χ3v) is 5.19. The molecule has 0 bridgehead atoms. The fourth-order valence-corrected chi connectivity index (χ4v) is 3.17. The Bertz CT molecular complexity index is 718. The van der Waals surface area contributed by atoms with Crippen molar-refractivity contribution in [2.24, 2.45) is 0 Å². The lowest BCUT2D eigenvalue weighted by molar-refractivity contribution is 0.0737. The van der Waals surface area contributed by atoms with E-state index >= 15 is 0 Å². The lowest BCUT2D eigenvalue weighted by atomic mass is 10.1. The number of fused-ring (bicyclic) bond motifs is 1. The summed E-state index contributed by atoms with van der Waals surface area (Å²) in [7, 11) is 1.79. The van der Waals surface area contributed by atoms with Gasteiger partial charge in [0.05, 0.1) is 16.1 Å².